The molecule has 112 valence electrons. The zero-order chi connectivity index (χ0) is 14.9. The van der Waals surface area contributed by atoms with Gasteiger partial charge >= 0.3 is 6.09 Å². The van der Waals surface area contributed by atoms with Gasteiger partial charge in [0.1, 0.15) is 5.60 Å². The summed E-state index contributed by atoms with van der Waals surface area (Å²) < 4.78 is 7.38. The lowest BCUT2D eigenvalue weighted by molar-refractivity contribution is 0.0203. The molecule has 2 rings (SSSR count). The summed E-state index contributed by atoms with van der Waals surface area (Å²) >= 11 is 0. The molecule has 1 aliphatic rings. The molecule has 2 heterocycles. The Hall–Kier alpha value is -1.52. The number of piperidine rings is 1. The number of ether oxygens (including phenoxy) is 1. The number of hydrogen-bond donors (Lipinski definition) is 0. The van der Waals surface area contributed by atoms with Gasteiger partial charge in [-0.1, -0.05) is 0 Å². The second kappa shape index (κ2) is 5.46. The molecule has 1 fully saturated rings. The standard InChI is InChI=1S/C15H25N3O2/c1-11-10-13(17(5)16-11)12-6-8-18(9-7-12)14(19)20-15(2,3)4/h10,12H,6-9H2,1-5H3. The summed E-state index contributed by atoms with van der Waals surface area (Å²) in [4.78, 5) is 13.8. The molecular weight excluding hydrogens is 254 g/mol. The molecule has 1 aromatic heterocycles. The second-order valence-electron chi connectivity index (χ2n) is 6.58. The van der Waals surface area contributed by atoms with Gasteiger partial charge in [-0.15, -0.1) is 0 Å². The number of rotatable bonds is 1. The van der Waals surface area contributed by atoms with Crippen LogP contribution in [0.4, 0.5) is 4.79 Å². The Morgan fingerprint density at radius 3 is 2.40 bits per heavy atom. The summed E-state index contributed by atoms with van der Waals surface area (Å²) in [5.74, 6) is 0.486. The van der Waals surface area contributed by atoms with E-state index in [1.165, 1.54) is 5.69 Å². The van der Waals surface area contributed by atoms with Crippen molar-refractivity contribution in [3.05, 3.63) is 17.5 Å². The lowest BCUT2D eigenvalue weighted by Crippen LogP contribution is -2.41. The third-order valence-corrected chi connectivity index (χ3v) is 3.60. The highest BCUT2D eigenvalue weighted by Gasteiger charge is 2.28. The van der Waals surface area contributed by atoms with Gasteiger partial charge in [0.05, 0.1) is 5.69 Å². The van der Waals surface area contributed by atoms with Crippen LogP contribution in [0.2, 0.25) is 0 Å². The third-order valence-electron chi connectivity index (χ3n) is 3.60. The average Bonchev–Trinajstić information content (AvgIpc) is 2.66. The molecule has 0 spiro atoms. The first-order chi connectivity index (χ1) is 9.26. The van der Waals surface area contributed by atoms with E-state index in [4.69, 9.17) is 4.74 Å². The monoisotopic (exact) mass is 279 g/mol. The lowest BCUT2D eigenvalue weighted by Gasteiger charge is -2.33. The smallest absolute Gasteiger partial charge is 0.410 e. The van der Waals surface area contributed by atoms with Gasteiger partial charge < -0.3 is 9.64 Å². The van der Waals surface area contributed by atoms with Crippen LogP contribution < -0.4 is 0 Å². The SMILES string of the molecule is Cc1cc(C2CCN(C(=O)OC(C)(C)C)CC2)n(C)n1. The minimum absolute atomic E-state index is 0.197. The van der Waals surface area contributed by atoms with Gasteiger partial charge in [-0.2, -0.15) is 5.10 Å². The maximum atomic E-state index is 12.0. The molecule has 0 aliphatic carbocycles. The second-order valence-corrected chi connectivity index (χ2v) is 6.58. The van der Waals surface area contributed by atoms with Crippen molar-refractivity contribution < 1.29 is 9.53 Å². The number of aromatic nitrogens is 2. The molecule has 0 bridgehead atoms. The van der Waals surface area contributed by atoms with Crippen LogP contribution in [0.3, 0.4) is 0 Å². The van der Waals surface area contributed by atoms with Crippen LogP contribution >= 0.6 is 0 Å². The molecule has 0 saturated carbocycles. The van der Waals surface area contributed by atoms with Crippen LogP contribution in [-0.2, 0) is 11.8 Å². The van der Waals surface area contributed by atoms with E-state index in [9.17, 15) is 4.79 Å². The quantitative estimate of drug-likeness (QED) is 0.794. The lowest BCUT2D eigenvalue weighted by atomic mass is 9.93. The highest BCUT2D eigenvalue weighted by molar-refractivity contribution is 5.68. The largest absolute Gasteiger partial charge is 0.444 e. The summed E-state index contributed by atoms with van der Waals surface area (Å²) in [6.45, 7) is 9.22. The Bertz CT molecular complexity index is 480. The van der Waals surface area contributed by atoms with Gasteiger partial charge in [0.15, 0.2) is 0 Å². The van der Waals surface area contributed by atoms with Gasteiger partial charge in [0, 0.05) is 31.7 Å². The van der Waals surface area contributed by atoms with Crippen LogP contribution in [0.1, 0.15) is 50.9 Å². The molecular formula is C15H25N3O2. The van der Waals surface area contributed by atoms with Crippen molar-refractivity contribution in [2.24, 2.45) is 7.05 Å². The molecule has 0 radical (unpaired) electrons. The number of carbonyl (C=O) groups is 1. The molecule has 0 atom stereocenters. The van der Waals surface area contributed by atoms with Crippen molar-refractivity contribution in [2.45, 2.75) is 52.1 Å². The fraction of sp³-hybridized carbons (Fsp3) is 0.733. The van der Waals surface area contributed by atoms with Crippen LogP contribution in [-0.4, -0.2) is 39.5 Å². The summed E-state index contributed by atoms with van der Waals surface area (Å²) in [6.07, 6.45) is 1.74. The van der Waals surface area contributed by atoms with E-state index in [0.29, 0.717) is 5.92 Å². The van der Waals surface area contributed by atoms with E-state index in [2.05, 4.69) is 11.2 Å². The van der Waals surface area contributed by atoms with E-state index in [0.717, 1.165) is 31.6 Å². The fourth-order valence-electron chi connectivity index (χ4n) is 2.70. The number of aryl methyl sites for hydroxylation is 2. The number of likely N-dealkylation sites (tertiary alicyclic amines) is 1. The van der Waals surface area contributed by atoms with Crippen molar-refractivity contribution in [1.29, 1.82) is 0 Å². The zero-order valence-corrected chi connectivity index (χ0v) is 13.1. The fourth-order valence-corrected chi connectivity index (χ4v) is 2.70. The van der Waals surface area contributed by atoms with Crippen LogP contribution in [0.25, 0.3) is 0 Å². The van der Waals surface area contributed by atoms with E-state index >= 15 is 0 Å². The van der Waals surface area contributed by atoms with Gasteiger partial charge in [-0.25, -0.2) is 4.79 Å². The van der Waals surface area contributed by atoms with Crippen LogP contribution in [0, 0.1) is 6.92 Å². The zero-order valence-electron chi connectivity index (χ0n) is 13.1. The molecule has 0 unspecified atom stereocenters. The first kappa shape index (κ1) is 14.9. The molecule has 5 heteroatoms. The first-order valence-corrected chi connectivity index (χ1v) is 7.25. The highest BCUT2D eigenvalue weighted by atomic mass is 16.6. The number of carbonyl (C=O) groups excluding carboxylic acids is 1. The van der Waals surface area contributed by atoms with Gasteiger partial charge in [-0.3, -0.25) is 4.68 Å². The Labute approximate surface area is 120 Å². The molecule has 0 aromatic carbocycles. The van der Waals surface area contributed by atoms with Crippen molar-refractivity contribution in [2.75, 3.05) is 13.1 Å². The molecule has 20 heavy (non-hydrogen) atoms. The normalized spacial score (nSPS) is 17.4. The number of hydrogen-bond acceptors (Lipinski definition) is 3. The maximum Gasteiger partial charge on any atom is 0.410 e. The van der Waals surface area contributed by atoms with Gasteiger partial charge in [0.2, 0.25) is 0 Å². The molecule has 5 nitrogen and oxygen atoms in total. The average molecular weight is 279 g/mol. The van der Waals surface area contributed by atoms with E-state index in [-0.39, 0.29) is 6.09 Å². The Balaban J connectivity index is 1.92. The Morgan fingerprint density at radius 2 is 1.95 bits per heavy atom. The summed E-state index contributed by atoms with van der Waals surface area (Å²) in [7, 11) is 1.99. The van der Waals surface area contributed by atoms with Crippen LogP contribution in [0.15, 0.2) is 6.07 Å². The first-order valence-electron chi connectivity index (χ1n) is 7.25. The molecule has 1 amide bonds. The molecule has 0 N–H and O–H groups in total. The topological polar surface area (TPSA) is 47.4 Å². The maximum absolute atomic E-state index is 12.0. The van der Waals surface area contributed by atoms with E-state index in [1.807, 2.05) is 44.3 Å². The van der Waals surface area contributed by atoms with Gasteiger partial charge in [0.25, 0.3) is 0 Å². The molecule has 1 aliphatic heterocycles. The highest BCUT2D eigenvalue weighted by Crippen LogP contribution is 2.28. The number of amides is 1. The van der Waals surface area contributed by atoms with E-state index < -0.39 is 5.60 Å². The Morgan fingerprint density at radius 1 is 1.35 bits per heavy atom. The van der Waals surface area contributed by atoms with Crippen molar-refractivity contribution in [3.63, 3.8) is 0 Å². The molecule has 1 aromatic rings. The van der Waals surface area contributed by atoms with Crippen molar-refractivity contribution in [1.82, 2.24) is 14.7 Å². The summed E-state index contributed by atoms with van der Waals surface area (Å²) in [5, 5.41) is 4.40. The number of nitrogens with zero attached hydrogens (tertiary/aromatic N) is 3. The Kier molecular flexibility index (Phi) is 4.06. The van der Waals surface area contributed by atoms with Crippen LogP contribution in [0.5, 0.6) is 0 Å². The van der Waals surface area contributed by atoms with Gasteiger partial charge in [-0.05, 0) is 46.6 Å². The van der Waals surface area contributed by atoms with Crippen molar-refractivity contribution >= 4 is 6.09 Å². The summed E-state index contributed by atoms with van der Waals surface area (Å²) in [6, 6.07) is 2.15. The van der Waals surface area contributed by atoms with Crippen molar-refractivity contribution in [3.8, 4) is 0 Å². The third kappa shape index (κ3) is 3.52. The van der Waals surface area contributed by atoms with E-state index in [1.54, 1.807) is 0 Å². The minimum atomic E-state index is -0.424. The predicted molar refractivity (Wildman–Crippen MR) is 77.7 cm³/mol. The molecule has 1 saturated heterocycles. The predicted octanol–water partition coefficient (Wildman–Crippen LogP) is 2.84. The summed E-state index contributed by atoms with van der Waals surface area (Å²) in [5.41, 5.74) is 1.90. The minimum Gasteiger partial charge on any atom is -0.444 e.